The summed E-state index contributed by atoms with van der Waals surface area (Å²) in [6.07, 6.45) is 11.0. The number of carbonyl (C=O) groups excluding carboxylic acids is 2. The van der Waals surface area contributed by atoms with Crippen LogP contribution in [0.1, 0.15) is 72.1 Å². The van der Waals surface area contributed by atoms with Crippen molar-refractivity contribution in [1.82, 2.24) is 0 Å². The Labute approximate surface area is 140 Å². The predicted molar refractivity (Wildman–Crippen MR) is 90.9 cm³/mol. The van der Waals surface area contributed by atoms with Gasteiger partial charge in [0.05, 0.1) is 0 Å². The zero-order valence-corrected chi connectivity index (χ0v) is 14.9. The number of fused-ring (bicyclic) bond motifs is 5. The summed E-state index contributed by atoms with van der Waals surface area (Å²) in [5, 5.41) is 0. The standard InChI is InChI=1S/C21H30O2/c1-13(22)17-6-7-18-16-5-4-14-12-15(23)8-10-20(14,2)19(16)9-11-21(17,18)3/h9,14,16-18H,4-8,10-12H2,1-3H3/t14-,16-,17+,18-,20+,21+/m0/s1. The van der Waals surface area contributed by atoms with Gasteiger partial charge in [0.2, 0.25) is 0 Å². The second-order valence-electron chi connectivity index (χ2n) is 9.26. The van der Waals surface area contributed by atoms with E-state index >= 15 is 0 Å². The van der Waals surface area contributed by atoms with Crippen LogP contribution in [0.15, 0.2) is 11.6 Å². The van der Waals surface area contributed by atoms with Crippen molar-refractivity contribution < 1.29 is 9.59 Å². The summed E-state index contributed by atoms with van der Waals surface area (Å²) in [5.41, 5.74) is 2.12. The monoisotopic (exact) mass is 314 g/mol. The normalized spacial score (nSPS) is 49.0. The maximum atomic E-state index is 12.1. The molecule has 2 nitrogen and oxygen atoms in total. The second-order valence-corrected chi connectivity index (χ2v) is 9.26. The first kappa shape index (κ1) is 15.6. The van der Waals surface area contributed by atoms with E-state index in [4.69, 9.17) is 0 Å². The molecule has 0 aromatic carbocycles. The summed E-state index contributed by atoms with van der Waals surface area (Å²) < 4.78 is 0. The van der Waals surface area contributed by atoms with Crippen LogP contribution in [0, 0.1) is 34.5 Å². The molecule has 4 aliphatic carbocycles. The summed E-state index contributed by atoms with van der Waals surface area (Å²) in [7, 11) is 0. The molecule has 3 fully saturated rings. The molecule has 0 bridgehead atoms. The third-order valence-electron chi connectivity index (χ3n) is 8.33. The van der Waals surface area contributed by atoms with E-state index in [0.717, 1.165) is 32.1 Å². The number of carbonyl (C=O) groups is 2. The summed E-state index contributed by atoms with van der Waals surface area (Å²) in [6.45, 7) is 6.60. The number of Topliss-reactive ketones (excluding diaryl/α,β-unsaturated/α-hetero) is 2. The summed E-state index contributed by atoms with van der Waals surface area (Å²) in [4.78, 5) is 24.0. The third-order valence-corrected chi connectivity index (χ3v) is 8.33. The van der Waals surface area contributed by atoms with Crippen molar-refractivity contribution in [2.24, 2.45) is 34.5 Å². The third kappa shape index (κ3) is 2.06. The molecule has 0 aromatic heterocycles. The van der Waals surface area contributed by atoms with Gasteiger partial charge in [0.1, 0.15) is 11.6 Å². The lowest BCUT2D eigenvalue weighted by Gasteiger charge is -2.55. The van der Waals surface area contributed by atoms with E-state index in [1.807, 2.05) is 0 Å². The Morgan fingerprint density at radius 2 is 1.96 bits per heavy atom. The van der Waals surface area contributed by atoms with Crippen molar-refractivity contribution in [1.29, 1.82) is 0 Å². The number of allylic oxidation sites excluding steroid dienone is 2. The Hall–Kier alpha value is -0.920. The average molecular weight is 314 g/mol. The van der Waals surface area contributed by atoms with Crippen molar-refractivity contribution >= 4 is 11.6 Å². The van der Waals surface area contributed by atoms with Gasteiger partial charge in [-0.25, -0.2) is 0 Å². The van der Waals surface area contributed by atoms with Crippen molar-refractivity contribution in [2.45, 2.75) is 72.1 Å². The lowest BCUT2D eigenvalue weighted by molar-refractivity contribution is -0.127. The van der Waals surface area contributed by atoms with Crippen molar-refractivity contribution in [3.8, 4) is 0 Å². The van der Waals surface area contributed by atoms with Gasteiger partial charge in [-0.3, -0.25) is 9.59 Å². The van der Waals surface area contributed by atoms with Gasteiger partial charge in [-0.2, -0.15) is 0 Å². The van der Waals surface area contributed by atoms with E-state index < -0.39 is 0 Å². The lowest BCUT2D eigenvalue weighted by Crippen LogP contribution is -2.48. The summed E-state index contributed by atoms with van der Waals surface area (Å²) >= 11 is 0. The van der Waals surface area contributed by atoms with Crippen molar-refractivity contribution in [3.63, 3.8) is 0 Å². The molecule has 23 heavy (non-hydrogen) atoms. The average Bonchev–Trinajstić information content (AvgIpc) is 2.85. The molecule has 0 spiro atoms. The molecule has 0 saturated heterocycles. The number of hydrogen-bond acceptors (Lipinski definition) is 2. The molecule has 0 aliphatic heterocycles. The molecule has 0 heterocycles. The van der Waals surface area contributed by atoms with E-state index in [-0.39, 0.29) is 16.7 Å². The first-order valence-corrected chi connectivity index (χ1v) is 9.59. The van der Waals surface area contributed by atoms with Crippen molar-refractivity contribution in [3.05, 3.63) is 11.6 Å². The Balaban J connectivity index is 1.70. The zero-order valence-electron chi connectivity index (χ0n) is 14.9. The Bertz CT molecular complexity index is 589. The van der Waals surface area contributed by atoms with Gasteiger partial charge in [0, 0.05) is 18.8 Å². The SMILES string of the molecule is CC(=O)[C@H]1CC[C@H]2[C@@H]3CC[C@H]4CC(=O)CC[C@@]4(C)C3=CC[C@]12C. The van der Waals surface area contributed by atoms with Crippen LogP contribution in [0.5, 0.6) is 0 Å². The fourth-order valence-electron chi connectivity index (χ4n) is 6.98. The molecule has 0 radical (unpaired) electrons. The molecule has 6 atom stereocenters. The van der Waals surface area contributed by atoms with E-state index in [0.29, 0.717) is 29.3 Å². The van der Waals surface area contributed by atoms with Gasteiger partial charge in [-0.15, -0.1) is 0 Å². The lowest BCUT2D eigenvalue weighted by atomic mass is 9.49. The molecular formula is C21H30O2. The fraction of sp³-hybridized carbons (Fsp3) is 0.810. The number of hydrogen-bond donors (Lipinski definition) is 0. The Morgan fingerprint density at radius 3 is 2.70 bits per heavy atom. The van der Waals surface area contributed by atoms with E-state index in [1.165, 1.54) is 19.3 Å². The highest BCUT2D eigenvalue weighted by Gasteiger charge is 2.57. The molecule has 2 heteroatoms. The Kier molecular flexibility index (Phi) is 3.42. The van der Waals surface area contributed by atoms with Crippen LogP contribution < -0.4 is 0 Å². The van der Waals surface area contributed by atoms with E-state index in [9.17, 15) is 9.59 Å². The minimum Gasteiger partial charge on any atom is -0.300 e. The summed E-state index contributed by atoms with van der Waals surface area (Å²) in [5.74, 6) is 3.07. The smallest absolute Gasteiger partial charge is 0.133 e. The molecule has 4 rings (SSSR count). The number of rotatable bonds is 1. The Morgan fingerprint density at radius 1 is 1.17 bits per heavy atom. The second kappa shape index (κ2) is 5.04. The first-order chi connectivity index (χ1) is 10.9. The predicted octanol–water partition coefficient (Wildman–Crippen LogP) is 4.72. The molecule has 3 saturated carbocycles. The van der Waals surface area contributed by atoms with Crippen LogP contribution in [0.3, 0.4) is 0 Å². The van der Waals surface area contributed by atoms with Gasteiger partial charge >= 0.3 is 0 Å². The maximum Gasteiger partial charge on any atom is 0.133 e. The van der Waals surface area contributed by atoms with E-state index in [1.54, 1.807) is 12.5 Å². The molecule has 0 aromatic rings. The quantitative estimate of drug-likeness (QED) is 0.656. The van der Waals surface area contributed by atoms with Gasteiger partial charge in [-0.1, -0.05) is 25.5 Å². The van der Waals surface area contributed by atoms with Crippen LogP contribution >= 0.6 is 0 Å². The van der Waals surface area contributed by atoms with Crippen LogP contribution in [-0.4, -0.2) is 11.6 Å². The molecule has 4 aliphatic rings. The van der Waals surface area contributed by atoms with Crippen LogP contribution in [0.4, 0.5) is 0 Å². The van der Waals surface area contributed by atoms with Crippen LogP contribution in [0.2, 0.25) is 0 Å². The minimum absolute atomic E-state index is 0.188. The highest BCUT2D eigenvalue weighted by atomic mass is 16.1. The highest BCUT2D eigenvalue weighted by molar-refractivity contribution is 5.80. The summed E-state index contributed by atoms with van der Waals surface area (Å²) in [6, 6.07) is 0. The van der Waals surface area contributed by atoms with Gasteiger partial charge in [-0.05, 0) is 74.0 Å². The largest absolute Gasteiger partial charge is 0.300 e. The molecular weight excluding hydrogens is 284 g/mol. The molecule has 126 valence electrons. The van der Waals surface area contributed by atoms with Gasteiger partial charge in [0.15, 0.2) is 0 Å². The number of ketones is 2. The molecule has 0 N–H and O–H groups in total. The van der Waals surface area contributed by atoms with Crippen molar-refractivity contribution in [2.75, 3.05) is 0 Å². The maximum absolute atomic E-state index is 12.1. The minimum atomic E-state index is 0.188. The van der Waals surface area contributed by atoms with Crippen LogP contribution in [0.25, 0.3) is 0 Å². The topological polar surface area (TPSA) is 34.1 Å². The highest BCUT2D eigenvalue weighted by Crippen LogP contribution is 2.65. The van der Waals surface area contributed by atoms with E-state index in [2.05, 4.69) is 19.9 Å². The first-order valence-electron chi connectivity index (χ1n) is 9.59. The van der Waals surface area contributed by atoms with Gasteiger partial charge < -0.3 is 0 Å². The van der Waals surface area contributed by atoms with Crippen LogP contribution in [-0.2, 0) is 9.59 Å². The van der Waals surface area contributed by atoms with Gasteiger partial charge in [0.25, 0.3) is 0 Å². The molecule has 0 unspecified atom stereocenters. The fourth-order valence-corrected chi connectivity index (χ4v) is 6.98. The molecule has 0 amide bonds. The zero-order chi connectivity index (χ0) is 16.4.